The average molecular weight is 398 g/mol. The van der Waals surface area contributed by atoms with E-state index in [1.807, 2.05) is 31.2 Å². The third-order valence-electron chi connectivity index (χ3n) is 4.18. The fourth-order valence-corrected chi connectivity index (χ4v) is 2.58. The molecule has 0 aliphatic carbocycles. The Bertz CT molecular complexity index is 788. The van der Waals surface area contributed by atoms with Gasteiger partial charge in [-0.1, -0.05) is 26.8 Å². The molecule has 29 heavy (non-hydrogen) atoms. The van der Waals surface area contributed by atoms with Gasteiger partial charge >= 0.3 is 0 Å². The van der Waals surface area contributed by atoms with E-state index >= 15 is 0 Å². The van der Waals surface area contributed by atoms with Crippen molar-refractivity contribution in [3.8, 4) is 5.75 Å². The predicted octanol–water partition coefficient (Wildman–Crippen LogP) is 4.90. The molecule has 6 heteroatoms. The molecule has 0 aliphatic heterocycles. The summed E-state index contributed by atoms with van der Waals surface area (Å²) in [5.41, 5.74) is 2.22. The lowest BCUT2D eigenvalue weighted by atomic mass is 10.1. The molecule has 2 amide bonds. The van der Waals surface area contributed by atoms with Crippen molar-refractivity contribution in [2.75, 3.05) is 29.1 Å². The summed E-state index contributed by atoms with van der Waals surface area (Å²) in [6.07, 6.45) is 2.30. The highest BCUT2D eigenvalue weighted by molar-refractivity contribution is 5.94. The number of carbonyl (C=O) groups excluding carboxylic acids is 2. The van der Waals surface area contributed by atoms with Crippen LogP contribution >= 0.6 is 0 Å². The van der Waals surface area contributed by atoms with Gasteiger partial charge in [0.2, 0.25) is 11.8 Å². The molecule has 2 aromatic carbocycles. The van der Waals surface area contributed by atoms with Gasteiger partial charge < -0.3 is 20.7 Å². The van der Waals surface area contributed by atoms with Crippen LogP contribution in [0.1, 0.15) is 40.0 Å². The Morgan fingerprint density at radius 3 is 2.21 bits per heavy atom. The summed E-state index contributed by atoms with van der Waals surface area (Å²) in [4.78, 5) is 23.8. The second-order valence-electron chi connectivity index (χ2n) is 7.34. The first-order chi connectivity index (χ1) is 14.0. The zero-order chi connectivity index (χ0) is 21.1. The molecule has 0 bridgehead atoms. The number of hydrogen-bond acceptors (Lipinski definition) is 4. The van der Waals surface area contributed by atoms with Gasteiger partial charge in [0.25, 0.3) is 0 Å². The van der Waals surface area contributed by atoms with Crippen molar-refractivity contribution in [1.82, 2.24) is 0 Å². The van der Waals surface area contributed by atoms with E-state index in [-0.39, 0.29) is 18.4 Å². The number of benzene rings is 2. The van der Waals surface area contributed by atoms with E-state index in [0.717, 1.165) is 24.3 Å². The van der Waals surface area contributed by atoms with Crippen molar-refractivity contribution in [1.29, 1.82) is 0 Å². The first-order valence-corrected chi connectivity index (χ1v) is 10.1. The minimum absolute atomic E-state index is 0.0103. The standard InChI is InChI=1S/C23H31N3O3/c1-4-6-22(27)25-18-9-11-19(12-10-18)26-23(28)16-24-20-7-5-8-21(15-20)29-14-13-17(2)3/h5,7-12,15,17,24H,4,6,13-14,16H2,1-3H3,(H,25,27)(H,26,28). The first kappa shape index (κ1) is 22.3. The van der Waals surface area contributed by atoms with E-state index in [1.165, 1.54) is 0 Å². The lowest BCUT2D eigenvalue weighted by Gasteiger charge is -2.11. The Labute approximate surface area is 173 Å². The fraction of sp³-hybridized carbons (Fsp3) is 0.391. The average Bonchev–Trinajstić information content (AvgIpc) is 2.68. The highest BCUT2D eigenvalue weighted by Crippen LogP contribution is 2.18. The maximum Gasteiger partial charge on any atom is 0.243 e. The topological polar surface area (TPSA) is 79.5 Å². The monoisotopic (exact) mass is 397 g/mol. The molecule has 0 saturated heterocycles. The Morgan fingerprint density at radius 1 is 0.931 bits per heavy atom. The van der Waals surface area contributed by atoms with Gasteiger partial charge in [0.05, 0.1) is 13.2 Å². The molecule has 0 unspecified atom stereocenters. The molecule has 0 atom stereocenters. The summed E-state index contributed by atoms with van der Waals surface area (Å²) in [6.45, 7) is 7.11. The molecule has 0 aliphatic rings. The minimum Gasteiger partial charge on any atom is -0.494 e. The third kappa shape index (κ3) is 8.68. The molecule has 0 fully saturated rings. The van der Waals surface area contributed by atoms with E-state index in [4.69, 9.17) is 4.74 Å². The minimum atomic E-state index is -0.154. The molecule has 2 aromatic rings. The van der Waals surface area contributed by atoms with E-state index < -0.39 is 0 Å². The van der Waals surface area contributed by atoms with Crippen molar-refractivity contribution < 1.29 is 14.3 Å². The Kier molecular flexibility index (Phi) is 9.02. The third-order valence-corrected chi connectivity index (χ3v) is 4.18. The van der Waals surface area contributed by atoms with Gasteiger partial charge in [-0.3, -0.25) is 9.59 Å². The van der Waals surface area contributed by atoms with Crippen LogP contribution in [0.2, 0.25) is 0 Å². The molecule has 0 spiro atoms. The molecule has 0 aromatic heterocycles. The largest absolute Gasteiger partial charge is 0.494 e. The molecular formula is C23H31N3O3. The number of carbonyl (C=O) groups is 2. The zero-order valence-corrected chi connectivity index (χ0v) is 17.5. The number of anilines is 3. The predicted molar refractivity (Wildman–Crippen MR) is 118 cm³/mol. The van der Waals surface area contributed by atoms with Crippen molar-refractivity contribution in [3.05, 3.63) is 48.5 Å². The Balaban J connectivity index is 1.78. The molecule has 0 radical (unpaired) electrons. The van der Waals surface area contributed by atoms with Crippen LogP contribution in [-0.4, -0.2) is 25.0 Å². The van der Waals surface area contributed by atoms with Crippen molar-refractivity contribution >= 4 is 28.9 Å². The lowest BCUT2D eigenvalue weighted by molar-refractivity contribution is -0.116. The normalized spacial score (nSPS) is 10.5. The maximum atomic E-state index is 12.2. The van der Waals surface area contributed by atoms with Crippen LogP contribution in [0.4, 0.5) is 17.1 Å². The summed E-state index contributed by atoms with van der Waals surface area (Å²) in [5, 5.41) is 8.76. The molecule has 2 rings (SSSR count). The van der Waals surface area contributed by atoms with Gasteiger partial charge in [-0.2, -0.15) is 0 Å². The van der Waals surface area contributed by atoms with E-state index in [9.17, 15) is 9.59 Å². The van der Waals surface area contributed by atoms with E-state index in [0.29, 0.717) is 30.3 Å². The van der Waals surface area contributed by atoms with Gasteiger partial charge in [-0.15, -0.1) is 0 Å². The first-order valence-electron chi connectivity index (χ1n) is 10.1. The highest BCUT2D eigenvalue weighted by atomic mass is 16.5. The number of ether oxygens (including phenoxy) is 1. The summed E-state index contributed by atoms with van der Waals surface area (Å²) < 4.78 is 5.74. The van der Waals surface area contributed by atoms with Crippen LogP contribution in [0.15, 0.2) is 48.5 Å². The number of amides is 2. The van der Waals surface area contributed by atoms with Gasteiger partial charge in [0, 0.05) is 29.5 Å². The molecule has 0 heterocycles. The lowest BCUT2D eigenvalue weighted by Crippen LogP contribution is -2.21. The highest BCUT2D eigenvalue weighted by Gasteiger charge is 2.05. The van der Waals surface area contributed by atoms with Gasteiger partial charge in [0.1, 0.15) is 5.75 Å². The van der Waals surface area contributed by atoms with Crippen LogP contribution in [-0.2, 0) is 9.59 Å². The number of rotatable bonds is 11. The summed E-state index contributed by atoms with van der Waals surface area (Å²) in [5.74, 6) is 1.22. The summed E-state index contributed by atoms with van der Waals surface area (Å²) in [6, 6.07) is 14.7. The van der Waals surface area contributed by atoms with Gasteiger partial charge in [-0.05, 0) is 55.2 Å². The Morgan fingerprint density at radius 2 is 1.59 bits per heavy atom. The van der Waals surface area contributed by atoms with Crippen molar-refractivity contribution in [3.63, 3.8) is 0 Å². The fourth-order valence-electron chi connectivity index (χ4n) is 2.58. The van der Waals surface area contributed by atoms with Gasteiger partial charge in [-0.25, -0.2) is 0 Å². The molecule has 3 N–H and O–H groups in total. The second kappa shape index (κ2) is 11.7. The number of nitrogens with one attached hydrogen (secondary N) is 3. The molecule has 156 valence electrons. The number of hydrogen-bond donors (Lipinski definition) is 3. The molecule has 6 nitrogen and oxygen atoms in total. The van der Waals surface area contributed by atoms with E-state index in [1.54, 1.807) is 24.3 Å². The molecular weight excluding hydrogens is 366 g/mol. The van der Waals surface area contributed by atoms with Crippen LogP contribution in [0, 0.1) is 5.92 Å². The Hall–Kier alpha value is -3.02. The van der Waals surface area contributed by atoms with E-state index in [2.05, 4.69) is 29.8 Å². The summed E-state index contributed by atoms with van der Waals surface area (Å²) >= 11 is 0. The van der Waals surface area contributed by atoms with Crippen LogP contribution in [0.5, 0.6) is 5.75 Å². The SMILES string of the molecule is CCCC(=O)Nc1ccc(NC(=O)CNc2cccc(OCCC(C)C)c2)cc1. The maximum absolute atomic E-state index is 12.2. The second-order valence-corrected chi connectivity index (χ2v) is 7.34. The quantitative estimate of drug-likeness (QED) is 0.504. The summed E-state index contributed by atoms with van der Waals surface area (Å²) in [7, 11) is 0. The van der Waals surface area contributed by atoms with Gasteiger partial charge in [0.15, 0.2) is 0 Å². The zero-order valence-electron chi connectivity index (χ0n) is 17.5. The van der Waals surface area contributed by atoms with Crippen LogP contribution in [0.25, 0.3) is 0 Å². The van der Waals surface area contributed by atoms with Crippen LogP contribution < -0.4 is 20.7 Å². The van der Waals surface area contributed by atoms with Crippen molar-refractivity contribution in [2.24, 2.45) is 5.92 Å². The van der Waals surface area contributed by atoms with Crippen molar-refractivity contribution in [2.45, 2.75) is 40.0 Å². The van der Waals surface area contributed by atoms with Crippen LogP contribution in [0.3, 0.4) is 0 Å². The molecule has 0 saturated carbocycles. The smallest absolute Gasteiger partial charge is 0.243 e.